The Morgan fingerprint density at radius 3 is 2.45 bits per heavy atom. The van der Waals surface area contributed by atoms with Crippen LogP contribution in [0, 0.1) is 11.8 Å². The summed E-state index contributed by atoms with van der Waals surface area (Å²) in [6.07, 6.45) is -3.04. The number of carbonyl (C=O) groups is 2. The van der Waals surface area contributed by atoms with Crippen LogP contribution in [0.3, 0.4) is 0 Å². The van der Waals surface area contributed by atoms with Gasteiger partial charge in [0.1, 0.15) is 11.9 Å². The maximum Gasteiger partial charge on any atom is 0.522 e. The molecule has 2 saturated carbocycles. The van der Waals surface area contributed by atoms with Gasteiger partial charge in [-0.05, 0) is 56.7 Å². The summed E-state index contributed by atoms with van der Waals surface area (Å²) < 4.78 is 46.4. The van der Waals surface area contributed by atoms with E-state index in [4.69, 9.17) is 16.3 Å². The monoisotopic (exact) mass is 489 g/mol. The predicted molar refractivity (Wildman–Crippen MR) is 115 cm³/mol. The lowest BCUT2D eigenvalue weighted by atomic mass is 9.80. The van der Waals surface area contributed by atoms with Crippen molar-refractivity contribution in [2.24, 2.45) is 11.8 Å². The summed E-state index contributed by atoms with van der Waals surface area (Å²) in [6.45, 7) is 0.924. The summed E-state index contributed by atoms with van der Waals surface area (Å²) >= 11 is 5.97. The lowest BCUT2D eigenvalue weighted by molar-refractivity contribution is -0.351. The molecule has 0 bridgehead atoms. The summed E-state index contributed by atoms with van der Waals surface area (Å²) in [5.41, 5.74) is 0.826. The van der Waals surface area contributed by atoms with E-state index in [0.717, 1.165) is 5.69 Å². The Bertz CT molecular complexity index is 871. The summed E-state index contributed by atoms with van der Waals surface area (Å²) in [5.74, 6) is 0.116. The molecule has 1 unspecified atom stereocenters. The van der Waals surface area contributed by atoms with Gasteiger partial charge in [-0.3, -0.25) is 14.3 Å². The van der Waals surface area contributed by atoms with Crippen LogP contribution in [0.2, 0.25) is 5.02 Å². The van der Waals surface area contributed by atoms with Gasteiger partial charge >= 0.3 is 6.36 Å². The van der Waals surface area contributed by atoms with E-state index in [1.165, 1.54) is 0 Å². The standard InChI is InChI=1S/C22H27ClF3N3O4/c23-14-5-6-19-18(7-14)27-10-17(32-19)11-28-20(30)12-1-3-13(4-2-12)21(31)29-15-8-16(9-15)33-22(24,25)26/h5-7,12-13,15-17,27H,1-4,8-11H2,(H,28,30)(H,29,31). The first-order valence-corrected chi connectivity index (χ1v) is 11.6. The van der Waals surface area contributed by atoms with Crippen LogP contribution >= 0.6 is 11.6 Å². The van der Waals surface area contributed by atoms with Crippen LogP contribution in [0.4, 0.5) is 18.9 Å². The molecule has 1 aliphatic heterocycles. The molecular weight excluding hydrogens is 463 g/mol. The molecule has 0 spiro atoms. The normalized spacial score (nSPS) is 29.0. The van der Waals surface area contributed by atoms with Gasteiger partial charge in [0.05, 0.1) is 24.9 Å². The van der Waals surface area contributed by atoms with Crippen LogP contribution in [0.5, 0.6) is 5.75 Å². The highest BCUT2D eigenvalue weighted by Gasteiger charge is 2.41. The Morgan fingerprint density at radius 1 is 1.12 bits per heavy atom. The summed E-state index contributed by atoms with van der Waals surface area (Å²) in [5, 5.41) is 9.62. The van der Waals surface area contributed by atoms with Gasteiger partial charge in [-0.1, -0.05) is 11.6 Å². The summed E-state index contributed by atoms with van der Waals surface area (Å²) in [4.78, 5) is 25.0. The molecule has 2 fully saturated rings. The van der Waals surface area contributed by atoms with Crippen molar-refractivity contribution in [3.8, 4) is 5.75 Å². The molecule has 2 amide bonds. The number of carbonyl (C=O) groups excluding carboxylic acids is 2. The summed E-state index contributed by atoms with van der Waals surface area (Å²) in [7, 11) is 0. The van der Waals surface area contributed by atoms with Gasteiger partial charge < -0.3 is 20.7 Å². The number of anilines is 1. The molecular formula is C22H27ClF3N3O4. The van der Waals surface area contributed by atoms with E-state index in [1.54, 1.807) is 18.2 Å². The zero-order valence-corrected chi connectivity index (χ0v) is 18.7. The fraction of sp³-hybridized carbons (Fsp3) is 0.636. The van der Waals surface area contributed by atoms with Crippen LogP contribution in [-0.4, -0.2) is 49.5 Å². The smallest absolute Gasteiger partial charge is 0.485 e. The molecule has 3 N–H and O–H groups in total. The van der Waals surface area contributed by atoms with Crippen LogP contribution in [-0.2, 0) is 14.3 Å². The third-order valence-electron chi connectivity index (χ3n) is 6.47. The number of fused-ring (bicyclic) bond motifs is 1. The van der Waals surface area contributed by atoms with E-state index < -0.39 is 12.5 Å². The highest BCUT2D eigenvalue weighted by atomic mass is 35.5. The maximum absolute atomic E-state index is 12.6. The lowest BCUT2D eigenvalue weighted by Gasteiger charge is -2.37. The Kier molecular flexibility index (Phi) is 7.23. The first-order valence-electron chi connectivity index (χ1n) is 11.2. The molecule has 0 saturated heterocycles. The second-order valence-electron chi connectivity index (χ2n) is 8.92. The zero-order chi connectivity index (χ0) is 23.6. The van der Waals surface area contributed by atoms with Crippen molar-refractivity contribution in [2.45, 2.75) is 63.1 Å². The molecule has 0 radical (unpaired) electrons. The predicted octanol–water partition coefficient (Wildman–Crippen LogP) is 3.62. The van der Waals surface area contributed by atoms with Crippen LogP contribution in [0.25, 0.3) is 0 Å². The second-order valence-corrected chi connectivity index (χ2v) is 9.35. The molecule has 33 heavy (non-hydrogen) atoms. The topological polar surface area (TPSA) is 88.7 Å². The molecule has 1 aromatic rings. The number of hydrogen-bond acceptors (Lipinski definition) is 5. The maximum atomic E-state index is 12.6. The molecule has 3 aliphatic rings. The number of nitrogens with one attached hydrogen (secondary N) is 3. The second kappa shape index (κ2) is 9.97. The van der Waals surface area contributed by atoms with Gasteiger partial charge in [0.15, 0.2) is 0 Å². The van der Waals surface area contributed by atoms with E-state index in [-0.39, 0.29) is 48.6 Å². The molecule has 1 aromatic carbocycles. The number of benzene rings is 1. The number of halogens is 4. The molecule has 0 aromatic heterocycles. The van der Waals surface area contributed by atoms with Gasteiger partial charge in [-0.2, -0.15) is 0 Å². The molecule has 1 atom stereocenters. The SMILES string of the molecule is O=C(NCC1CNc2cc(Cl)ccc2O1)C1CCC(C(=O)NC2CC(OC(F)(F)F)C2)CC1. The molecule has 11 heteroatoms. The van der Waals surface area contributed by atoms with Crippen LogP contribution in [0.15, 0.2) is 18.2 Å². The number of hydrogen-bond donors (Lipinski definition) is 3. The van der Waals surface area contributed by atoms with Crippen molar-refractivity contribution in [3.63, 3.8) is 0 Å². The van der Waals surface area contributed by atoms with Crippen molar-refractivity contribution in [1.82, 2.24) is 10.6 Å². The van der Waals surface area contributed by atoms with Crippen LogP contribution < -0.4 is 20.7 Å². The van der Waals surface area contributed by atoms with Gasteiger partial charge in [-0.15, -0.1) is 13.2 Å². The highest BCUT2D eigenvalue weighted by molar-refractivity contribution is 6.30. The fourth-order valence-electron chi connectivity index (χ4n) is 4.57. The van der Waals surface area contributed by atoms with Crippen molar-refractivity contribution in [2.75, 3.05) is 18.4 Å². The lowest BCUT2D eigenvalue weighted by Crippen LogP contribution is -2.51. The fourth-order valence-corrected chi connectivity index (χ4v) is 4.74. The van der Waals surface area contributed by atoms with Crippen molar-refractivity contribution < 1.29 is 32.2 Å². The Hall–Kier alpha value is -2.20. The first-order chi connectivity index (χ1) is 15.7. The van der Waals surface area contributed by atoms with Gasteiger partial charge in [0, 0.05) is 22.9 Å². The minimum absolute atomic E-state index is 0.0505. The van der Waals surface area contributed by atoms with E-state index >= 15 is 0 Å². The minimum atomic E-state index is -4.64. The van der Waals surface area contributed by atoms with E-state index in [9.17, 15) is 22.8 Å². The Balaban J connectivity index is 1.13. The Labute approximate surface area is 194 Å². The van der Waals surface area contributed by atoms with Gasteiger partial charge in [0.2, 0.25) is 11.8 Å². The molecule has 4 rings (SSSR count). The number of amides is 2. The average Bonchev–Trinajstić information content (AvgIpc) is 2.75. The van der Waals surface area contributed by atoms with Crippen molar-refractivity contribution in [3.05, 3.63) is 23.2 Å². The average molecular weight is 490 g/mol. The van der Waals surface area contributed by atoms with Crippen molar-refractivity contribution in [1.29, 1.82) is 0 Å². The largest absolute Gasteiger partial charge is 0.522 e. The highest BCUT2D eigenvalue weighted by Crippen LogP contribution is 2.33. The van der Waals surface area contributed by atoms with E-state index in [1.807, 2.05) is 0 Å². The molecule has 182 valence electrons. The first kappa shape index (κ1) is 23.9. The third kappa shape index (κ3) is 6.44. The zero-order valence-electron chi connectivity index (χ0n) is 17.9. The molecule has 7 nitrogen and oxygen atoms in total. The number of rotatable bonds is 6. The number of ether oxygens (including phenoxy) is 2. The van der Waals surface area contributed by atoms with Crippen molar-refractivity contribution >= 4 is 29.1 Å². The molecule has 2 aliphatic carbocycles. The van der Waals surface area contributed by atoms with Gasteiger partial charge in [-0.25, -0.2) is 0 Å². The quantitative estimate of drug-likeness (QED) is 0.568. The van der Waals surface area contributed by atoms with E-state index in [2.05, 4.69) is 20.7 Å². The van der Waals surface area contributed by atoms with Crippen LogP contribution in [0.1, 0.15) is 38.5 Å². The summed E-state index contributed by atoms with van der Waals surface area (Å²) in [6, 6.07) is 5.05. The number of alkyl halides is 3. The van der Waals surface area contributed by atoms with E-state index in [0.29, 0.717) is 49.5 Å². The third-order valence-corrected chi connectivity index (χ3v) is 6.70. The molecule has 1 heterocycles. The minimum Gasteiger partial charge on any atom is -0.485 e. The Morgan fingerprint density at radius 2 is 1.79 bits per heavy atom. The van der Waals surface area contributed by atoms with Gasteiger partial charge in [0.25, 0.3) is 0 Å².